The molecule has 0 fully saturated rings. The fourth-order valence-corrected chi connectivity index (χ4v) is 4.12. The Morgan fingerprint density at radius 3 is 2.77 bits per heavy atom. The molecule has 0 unspecified atom stereocenters. The van der Waals surface area contributed by atoms with Gasteiger partial charge in [0.25, 0.3) is 5.91 Å². The van der Waals surface area contributed by atoms with Crippen LogP contribution in [0.2, 0.25) is 0 Å². The summed E-state index contributed by atoms with van der Waals surface area (Å²) in [7, 11) is 0. The number of carbonyl (C=O) groups is 2. The van der Waals surface area contributed by atoms with Gasteiger partial charge in [-0.2, -0.15) is 0 Å². The molecule has 0 saturated carbocycles. The van der Waals surface area contributed by atoms with E-state index in [0.717, 1.165) is 24.1 Å². The highest BCUT2D eigenvalue weighted by molar-refractivity contribution is 6.09. The Hall–Kier alpha value is -1.62. The maximum absolute atomic E-state index is 12.9. The summed E-state index contributed by atoms with van der Waals surface area (Å²) < 4.78 is 6.49. The van der Waals surface area contributed by atoms with Gasteiger partial charge in [-0.25, -0.2) is 4.79 Å². The zero-order valence-electron chi connectivity index (χ0n) is 13.5. The van der Waals surface area contributed by atoms with E-state index < -0.39 is 22.9 Å². The average molecular weight is 305 g/mol. The topological polar surface area (TPSA) is 68.5 Å². The number of aromatic nitrogens is 1. The van der Waals surface area contributed by atoms with Crippen molar-refractivity contribution in [3.05, 3.63) is 23.5 Å². The van der Waals surface area contributed by atoms with E-state index >= 15 is 0 Å². The molecule has 5 nitrogen and oxygen atoms in total. The number of rotatable bonds is 2. The van der Waals surface area contributed by atoms with E-state index in [1.165, 1.54) is 4.57 Å². The Kier molecular flexibility index (Phi) is 3.25. The SMILES string of the molecule is CCOC(=O)[C@@]1(O)C(=O)n2ccc3c2[C@H](CC[C@@H]3C)C1(C)C. The Morgan fingerprint density at radius 2 is 2.14 bits per heavy atom. The normalized spacial score (nSPS) is 32.5. The highest BCUT2D eigenvalue weighted by Crippen LogP contribution is 2.55. The van der Waals surface area contributed by atoms with Crippen molar-refractivity contribution in [3.8, 4) is 0 Å². The van der Waals surface area contributed by atoms with Gasteiger partial charge in [0.15, 0.2) is 0 Å². The van der Waals surface area contributed by atoms with Crippen LogP contribution in [0, 0.1) is 5.41 Å². The van der Waals surface area contributed by atoms with Crippen LogP contribution in [0.1, 0.15) is 68.4 Å². The lowest BCUT2D eigenvalue weighted by Gasteiger charge is -2.50. The van der Waals surface area contributed by atoms with Crippen LogP contribution in [0.3, 0.4) is 0 Å². The number of hydrogen-bond donors (Lipinski definition) is 1. The number of esters is 1. The molecule has 0 bridgehead atoms. The van der Waals surface area contributed by atoms with Gasteiger partial charge >= 0.3 is 5.97 Å². The molecule has 0 amide bonds. The van der Waals surface area contributed by atoms with Crippen molar-refractivity contribution in [1.29, 1.82) is 0 Å². The first-order valence-corrected chi connectivity index (χ1v) is 7.92. The monoisotopic (exact) mass is 305 g/mol. The fourth-order valence-electron chi connectivity index (χ4n) is 4.12. The number of aliphatic hydroxyl groups is 1. The van der Waals surface area contributed by atoms with Gasteiger partial charge in [0.2, 0.25) is 5.60 Å². The first-order valence-electron chi connectivity index (χ1n) is 7.92. The van der Waals surface area contributed by atoms with Crippen LogP contribution in [0.15, 0.2) is 12.3 Å². The predicted molar refractivity (Wildman–Crippen MR) is 80.8 cm³/mol. The minimum atomic E-state index is -2.14. The van der Waals surface area contributed by atoms with Crippen molar-refractivity contribution in [3.63, 3.8) is 0 Å². The van der Waals surface area contributed by atoms with E-state index in [1.54, 1.807) is 27.0 Å². The van der Waals surface area contributed by atoms with Gasteiger partial charge in [-0.1, -0.05) is 20.8 Å². The minimum Gasteiger partial charge on any atom is -0.463 e. The van der Waals surface area contributed by atoms with E-state index in [2.05, 4.69) is 6.92 Å². The summed E-state index contributed by atoms with van der Waals surface area (Å²) in [4.78, 5) is 25.3. The molecule has 1 aliphatic carbocycles. The van der Waals surface area contributed by atoms with Crippen molar-refractivity contribution in [2.75, 3.05) is 6.61 Å². The Labute approximate surface area is 130 Å². The average Bonchev–Trinajstić information content (AvgIpc) is 2.90. The number of ether oxygens (including phenoxy) is 1. The molecule has 22 heavy (non-hydrogen) atoms. The fraction of sp³-hybridized carbons (Fsp3) is 0.647. The molecule has 3 rings (SSSR count). The van der Waals surface area contributed by atoms with E-state index in [1.807, 2.05) is 6.07 Å². The summed E-state index contributed by atoms with van der Waals surface area (Å²) in [5.74, 6) is -1.09. The molecule has 0 radical (unpaired) electrons. The smallest absolute Gasteiger partial charge is 0.348 e. The third-order valence-corrected chi connectivity index (χ3v) is 5.61. The number of hydrogen-bond acceptors (Lipinski definition) is 4. The summed E-state index contributed by atoms with van der Waals surface area (Å²) in [5.41, 5.74) is -0.928. The zero-order chi connectivity index (χ0) is 16.3. The van der Waals surface area contributed by atoms with E-state index in [9.17, 15) is 14.7 Å². The van der Waals surface area contributed by atoms with Gasteiger partial charge in [-0.15, -0.1) is 0 Å². The largest absolute Gasteiger partial charge is 0.463 e. The van der Waals surface area contributed by atoms with E-state index in [-0.39, 0.29) is 12.5 Å². The Bertz CT molecular complexity index is 645. The van der Waals surface area contributed by atoms with Gasteiger partial charge in [-0.3, -0.25) is 9.36 Å². The highest BCUT2D eigenvalue weighted by Gasteiger charge is 2.65. The molecule has 0 spiro atoms. The lowest BCUT2D eigenvalue weighted by Crippen LogP contribution is -2.65. The van der Waals surface area contributed by atoms with Crippen LogP contribution in [-0.2, 0) is 9.53 Å². The maximum atomic E-state index is 12.9. The molecule has 2 heterocycles. The predicted octanol–water partition coefficient (Wildman–Crippen LogP) is 2.44. The lowest BCUT2D eigenvalue weighted by molar-refractivity contribution is -0.175. The van der Waals surface area contributed by atoms with Crippen LogP contribution in [-0.4, -0.2) is 33.8 Å². The second kappa shape index (κ2) is 4.69. The molecular formula is C17H23NO4. The zero-order valence-corrected chi connectivity index (χ0v) is 13.5. The van der Waals surface area contributed by atoms with Gasteiger partial charge in [0.1, 0.15) is 0 Å². The molecule has 3 atom stereocenters. The summed E-state index contributed by atoms with van der Waals surface area (Å²) in [5, 5.41) is 11.1. The van der Waals surface area contributed by atoms with Gasteiger partial charge in [-0.05, 0) is 37.3 Å². The quantitative estimate of drug-likeness (QED) is 0.673. The number of carbonyl (C=O) groups excluding carboxylic acids is 2. The Morgan fingerprint density at radius 1 is 1.45 bits per heavy atom. The molecule has 0 saturated heterocycles. The van der Waals surface area contributed by atoms with Gasteiger partial charge in [0.05, 0.1) is 6.61 Å². The third-order valence-electron chi connectivity index (χ3n) is 5.61. The summed E-state index contributed by atoms with van der Waals surface area (Å²) >= 11 is 0. The molecule has 2 aliphatic rings. The summed E-state index contributed by atoms with van der Waals surface area (Å²) in [6, 6.07) is 1.94. The van der Waals surface area contributed by atoms with Crippen LogP contribution < -0.4 is 0 Å². The molecule has 1 aliphatic heterocycles. The van der Waals surface area contributed by atoms with Crippen molar-refractivity contribution in [2.45, 2.75) is 58.0 Å². The first kappa shape index (κ1) is 15.3. The summed E-state index contributed by atoms with van der Waals surface area (Å²) in [6.45, 7) is 7.54. The molecule has 1 aromatic rings. The van der Waals surface area contributed by atoms with Crippen LogP contribution in [0.5, 0.6) is 0 Å². The van der Waals surface area contributed by atoms with Crippen LogP contribution in [0.25, 0.3) is 0 Å². The minimum absolute atomic E-state index is 0.0409. The van der Waals surface area contributed by atoms with Gasteiger partial charge < -0.3 is 9.84 Å². The number of nitrogens with zero attached hydrogens (tertiary/aromatic N) is 1. The van der Waals surface area contributed by atoms with Crippen LogP contribution >= 0.6 is 0 Å². The first-order chi connectivity index (χ1) is 10.3. The van der Waals surface area contributed by atoms with Crippen molar-refractivity contribution in [2.24, 2.45) is 5.41 Å². The Balaban J connectivity index is 2.21. The van der Waals surface area contributed by atoms with Crippen molar-refractivity contribution in [1.82, 2.24) is 4.57 Å². The second-order valence-electron chi connectivity index (χ2n) is 7.02. The lowest BCUT2D eigenvalue weighted by atomic mass is 9.58. The molecule has 1 aromatic heterocycles. The third kappa shape index (κ3) is 1.63. The van der Waals surface area contributed by atoms with E-state index in [4.69, 9.17) is 4.74 Å². The van der Waals surface area contributed by atoms with Crippen molar-refractivity contribution < 1.29 is 19.4 Å². The second-order valence-corrected chi connectivity index (χ2v) is 7.02. The molecule has 5 heteroatoms. The van der Waals surface area contributed by atoms with Crippen LogP contribution in [0.4, 0.5) is 0 Å². The maximum Gasteiger partial charge on any atom is 0.348 e. The molecule has 1 N–H and O–H groups in total. The molecule has 0 aromatic carbocycles. The molecular weight excluding hydrogens is 282 g/mol. The van der Waals surface area contributed by atoms with E-state index in [0.29, 0.717) is 5.92 Å². The van der Waals surface area contributed by atoms with Crippen molar-refractivity contribution >= 4 is 11.9 Å². The standard InChI is InChI=1S/C17H23NO4/c1-5-22-15(20)17(21)14(19)18-9-8-11-10(2)6-7-12(13(11)18)16(17,3)4/h8-10,12,21H,5-7H2,1-4H3/t10-,12-,17-/m0/s1. The highest BCUT2D eigenvalue weighted by atomic mass is 16.6. The van der Waals surface area contributed by atoms with Gasteiger partial charge in [0, 0.05) is 23.2 Å². The summed E-state index contributed by atoms with van der Waals surface area (Å²) in [6.07, 6.45) is 3.51. The molecule has 120 valence electrons.